The van der Waals surface area contributed by atoms with E-state index < -0.39 is 11.7 Å². The van der Waals surface area contributed by atoms with Gasteiger partial charge >= 0.3 is 6.18 Å². The van der Waals surface area contributed by atoms with E-state index >= 15 is 0 Å². The number of alkyl halides is 3. The zero-order chi connectivity index (χ0) is 18.7. The number of benzene rings is 2. The summed E-state index contributed by atoms with van der Waals surface area (Å²) in [6.45, 7) is 1.53. The number of piperazine rings is 1. The Morgan fingerprint density at radius 3 is 2.54 bits per heavy atom. The third kappa shape index (κ3) is 4.16. The summed E-state index contributed by atoms with van der Waals surface area (Å²) in [4.78, 5) is 16.0. The fourth-order valence-corrected chi connectivity index (χ4v) is 3.01. The van der Waals surface area contributed by atoms with Gasteiger partial charge in [0.05, 0.1) is 19.2 Å². The predicted octanol–water partition coefficient (Wildman–Crippen LogP) is 3.56. The van der Waals surface area contributed by atoms with Crippen LogP contribution < -0.4 is 9.64 Å². The summed E-state index contributed by atoms with van der Waals surface area (Å²) < 4.78 is 43.7. The van der Waals surface area contributed by atoms with Crippen LogP contribution in [0.4, 0.5) is 18.9 Å². The Morgan fingerprint density at radius 1 is 1.08 bits per heavy atom. The molecular formula is C19H19F3N2O2. The van der Waals surface area contributed by atoms with Crippen LogP contribution in [0.1, 0.15) is 11.1 Å². The van der Waals surface area contributed by atoms with Crippen molar-refractivity contribution >= 4 is 11.6 Å². The van der Waals surface area contributed by atoms with Crippen molar-refractivity contribution in [1.82, 2.24) is 4.90 Å². The number of carbonyl (C=O) groups excluding carboxylic acids is 1. The Bertz CT molecular complexity index is 792. The van der Waals surface area contributed by atoms with Crippen LogP contribution in [-0.2, 0) is 17.5 Å². The summed E-state index contributed by atoms with van der Waals surface area (Å²) in [6, 6.07) is 12.5. The molecule has 0 saturated carbocycles. The van der Waals surface area contributed by atoms with Gasteiger partial charge in [0.2, 0.25) is 5.91 Å². The van der Waals surface area contributed by atoms with E-state index in [0.29, 0.717) is 30.9 Å². The van der Waals surface area contributed by atoms with Gasteiger partial charge in [-0.15, -0.1) is 0 Å². The molecule has 0 aliphatic carbocycles. The molecule has 2 aromatic carbocycles. The molecule has 4 nitrogen and oxygen atoms in total. The first-order valence-corrected chi connectivity index (χ1v) is 8.20. The maximum atomic E-state index is 12.8. The number of anilines is 1. The normalized spacial score (nSPS) is 16.0. The first kappa shape index (κ1) is 18.3. The van der Waals surface area contributed by atoms with Crippen LogP contribution in [0.2, 0.25) is 0 Å². The number of methoxy groups -OCH3 is 1. The molecule has 1 saturated heterocycles. The number of carbonyl (C=O) groups is 1. The summed E-state index contributed by atoms with van der Waals surface area (Å²) in [5, 5.41) is 0. The zero-order valence-electron chi connectivity index (χ0n) is 14.3. The first-order valence-electron chi connectivity index (χ1n) is 8.20. The molecule has 138 valence electrons. The van der Waals surface area contributed by atoms with Crippen LogP contribution in [0.15, 0.2) is 48.5 Å². The molecule has 0 unspecified atom stereocenters. The number of hydrogen-bond donors (Lipinski definition) is 0. The van der Waals surface area contributed by atoms with Gasteiger partial charge in [-0.1, -0.05) is 24.3 Å². The summed E-state index contributed by atoms with van der Waals surface area (Å²) in [5.41, 5.74) is 0.631. The van der Waals surface area contributed by atoms with Crippen molar-refractivity contribution in [3.63, 3.8) is 0 Å². The Labute approximate surface area is 149 Å². The van der Waals surface area contributed by atoms with E-state index in [-0.39, 0.29) is 12.5 Å². The smallest absolute Gasteiger partial charge is 0.416 e. The summed E-state index contributed by atoms with van der Waals surface area (Å²) in [7, 11) is 1.56. The molecule has 0 radical (unpaired) electrons. The maximum Gasteiger partial charge on any atom is 0.416 e. The second-order valence-corrected chi connectivity index (χ2v) is 6.16. The third-order valence-electron chi connectivity index (χ3n) is 4.33. The zero-order valence-corrected chi connectivity index (χ0v) is 14.3. The molecule has 2 aromatic rings. The SMILES string of the molecule is COc1cccc(N2CCN(Cc3cccc(C(F)(F)F)c3)CC2=O)c1. The fourth-order valence-electron chi connectivity index (χ4n) is 3.01. The lowest BCUT2D eigenvalue weighted by molar-refractivity contribution is -0.137. The van der Waals surface area contributed by atoms with Crippen molar-refractivity contribution < 1.29 is 22.7 Å². The summed E-state index contributed by atoms with van der Waals surface area (Å²) >= 11 is 0. The largest absolute Gasteiger partial charge is 0.497 e. The Hall–Kier alpha value is -2.54. The molecule has 7 heteroatoms. The van der Waals surface area contributed by atoms with Gasteiger partial charge < -0.3 is 9.64 Å². The summed E-state index contributed by atoms with van der Waals surface area (Å²) in [6.07, 6.45) is -4.36. The van der Waals surface area contributed by atoms with E-state index in [2.05, 4.69) is 0 Å². The standard InChI is InChI=1S/C19H19F3N2O2/c1-26-17-7-3-6-16(11-17)24-9-8-23(13-18(24)25)12-14-4-2-5-15(10-14)19(20,21)22/h2-7,10-11H,8-9,12-13H2,1H3. The van der Waals surface area contributed by atoms with E-state index in [0.717, 1.165) is 17.8 Å². The Balaban J connectivity index is 1.66. The van der Waals surface area contributed by atoms with E-state index in [9.17, 15) is 18.0 Å². The van der Waals surface area contributed by atoms with Gasteiger partial charge in [0.15, 0.2) is 0 Å². The maximum absolute atomic E-state index is 12.8. The van der Waals surface area contributed by atoms with E-state index in [4.69, 9.17) is 4.74 Å². The van der Waals surface area contributed by atoms with Gasteiger partial charge in [-0.3, -0.25) is 9.69 Å². The monoisotopic (exact) mass is 364 g/mol. The van der Waals surface area contributed by atoms with Crippen molar-refractivity contribution in [2.75, 3.05) is 31.6 Å². The van der Waals surface area contributed by atoms with E-state index in [1.165, 1.54) is 6.07 Å². The first-order chi connectivity index (χ1) is 12.4. The van der Waals surface area contributed by atoms with Crippen LogP contribution in [0.25, 0.3) is 0 Å². The van der Waals surface area contributed by atoms with E-state index in [1.54, 1.807) is 30.2 Å². The van der Waals surface area contributed by atoms with Crippen LogP contribution in [0.5, 0.6) is 5.75 Å². The predicted molar refractivity (Wildman–Crippen MR) is 92.1 cm³/mol. The molecule has 1 amide bonds. The van der Waals surface area contributed by atoms with Crippen LogP contribution >= 0.6 is 0 Å². The highest BCUT2D eigenvalue weighted by atomic mass is 19.4. The van der Waals surface area contributed by atoms with Gasteiger partial charge in [-0.2, -0.15) is 13.2 Å². The van der Waals surface area contributed by atoms with Crippen LogP contribution in [0, 0.1) is 0 Å². The Kier molecular flexibility index (Phi) is 5.18. The minimum Gasteiger partial charge on any atom is -0.497 e. The van der Waals surface area contributed by atoms with Crippen molar-refractivity contribution in [3.8, 4) is 5.75 Å². The molecule has 0 N–H and O–H groups in total. The molecule has 0 atom stereocenters. The van der Waals surface area contributed by atoms with E-state index in [1.807, 2.05) is 17.0 Å². The molecule has 0 bridgehead atoms. The van der Waals surface area contributed by atoms with Crippen molar-refractivity contribution in [2.24, 2.45) is 0 Å². The number of rotatable bonds is 4. The molecule has 1 fully saturated rings. The topological polar surface area (TPSA) is 32.8 Å². The number of halogens is 3. The lowest BCUT2D eigenvalue weighted by Gasteiger charge is -2.34. The molecule has 3 rings (SSSR count). The lowest BCUT2D eigenvalue weighted by atomic mass is 10.1. The molecule has 0 aromatic heterocycles. The quantitative estimate of drug-likeness (QED) is 0.832. The highest BCUT2D eigenvalue weighted by molar-refractivity contribution is 5.95. The minimum atomic E-state index is -4.36. The number of nitrogens with zero attached hydrogens (tertiary/aromatic N) is 2. The summed E-state index contributed by atoms with van der Waals surface area (Å²) in [5.74, 6) is 0.582. The minimum absolute atomic E-state index is 0.0866. The number of hydrogen-bond acceptors (Lipinski definition) is 3. The number of ether oxygens (including phenoxy) is 1. The van der Waals surface area contributed by atoms with Gasteiger partial charge in [-0.25, -0.2) is 0 Å². The number of amides is 1. The van der Waals surface area contributed by atoms with Crippen molar-refractivity contribution in [1.29, 1.82) is 0 Å². The average molecular weight is 364 g/mol. The molecule has 26 heavy (non-hydrogen) atoms. The highest BCUT2D eigenvalue weighted by Gasteiger charge is 2.31. The van der Waals surface area contributed by atoms with Crippen molar-refractivity contribution in [3.05, 3.63) is 59.7 Å². The Morgan fingerprint density at radius 2 is 1.85 bits per heavy atom. The van der Waals surface area contributed by atoms with Crippen LogP contribution in [-0.4, -0.2) is 37.6 Å². The van der Waals surface area contributed by atoms with Crippen molar-refractivity contribution in [2.45, 2.75) is 12.7 Å². The van der Waals surface area contributed by atoms with Gasteiger partial charge in [0.25, 0.3) is 0 Å². The molecule has 1 aliphatic heterocycles. The third-order valence-corrected chi connectivity index (χ3v) is 4.33. The fraction of sp³-hybridized carbons (Fsp3) is 0.316. The van der Waals surface area contributed by atoms with Gasteiger partial charge in [0.1, 0.15) is 5.75 Å². The molecule has 0 spiro atoms. The molecule has 1 heterocycles. The van der Waals surface area contributed by atoms with Gasteiger partial charge in [-0.05, 0) is 23.8 Å². The van der Waals surface area contributed by atoms with Gasteiger partial charge in [0, 0.05) is 31.4 Å². The van der Waals surface area contributed by atoms with Crippen LogP contribution in [0.3, 0.4) is 0 Å². The average Bonchev–Trinajstić information content (AvgIpc) is 2.61. The molecular weight excluding hydrogens is 345 g/mol. The highest BCUT2D eigenvalue weighted by Crippen LogP contribution is 2.30. The second-order valence-electron chi connectivity index (χ2n) is 6.16. The lowest BCUT2D eigenvalue weighted by Crippen LogP contribution is -2.50. The second kappa shape index (κ2) is 7.37. The molecule has 1 aliphatic rings.